The van der Waals surface area contributed by atoms with Gasteiger partial charge in [-0.15, -0.1) is 11.8 Å². The molecule has 3 aromatic rings. The lowest BCUT2D eigenvalue weighted by Crippen LogP contribution is -1.99. The predicted octanol–water partition coefficient (Wildman–Crippen LogP) is 4.34. The molecule has 0 bridgehead atoms. The quantitative estimate of drug-likeness (QED) is 0.550. The zero-order valence-corrected chi connectivity index (χ0v) is 11.3. The van der Waals surface area contributed by atoms with Gasteiger partial charge in [0.05, 0.1) is 11.6 Å². The Morgan fingerprint density at radius 1 is 0.947 bits per heavy atom. The lowest BCUT2D eigenvalue weighted by Gasteiger charge is -2.04. The van der Waals surface area contributed by atoms with E-state index in [-0.39, 0.29) is 0 Å². The number of hydrogen-bond donors (Lipinski definition) is 1. The number of hydrogen-bond acceptors (Lipinski definition) is 2. The van der Waals surface area contributed by atoms with Gasteiger partial charge in [-0.05, 0) is 24.3 Å². The molecule has 3 rings (SSSR count). The summed E-state index contributed by atoms with van der Waals surface area (Å²) < 4.78 is 5.67. The smallest absolute Gasteiger partial charge is 0.119 e. The average Bonchev–Trinajstić information content (AvgIpc) is 2.87. The van der Waals surface area contributed by atoms with Gasteiger partial charge in [0.1, 0.15) is 5.75 Å². The lowest BCUT2D eigenvalue weighted by molar-refractivity contribution is 0.344. The number of aromatic nitrogens is 1. The van der Waals surface area contributed by atoms with Crippen LogP contribution in [-0.2, 0) is 0 Å². The fraction of sp³-hybridized carbons (Fsp3) is 0.125. The van der Waals surface area contributed by atoms with Crippen molar-refractivity contribution in [3.05, 3.63) is 60.7 Å². The van der Waals surface area contributed by atoms with E-state index in [2.05, 4.69) is 29.2 Å². The van der Waals surface area contributed by atoms with Crippen LogP contribution in [0.2, 0.25) is 0 Å². The standard InChI is InChI=1S/C16H15NOS/c1-2-7-14(8-3-1)18-10-11-19-16-12-13-6-4-5-9-15(13)17-16/h1-9,12,17H,10-11H2. The summed E-state index contributed by atoms with van der Waals surface area (Å²) in [7, 11) is 0. The third kappa shape index (κ3) is 3.12. The fourth-order valence-corrected chi connectivity index (χ4v) is 2.73. The van der Waals surface area contributed by atoms with Crippen molar-refractivity contribution in [3.8, 4) is 5.75 Å². The Bertz CT molecular complexity index is 615. The minimum absolute atomic E-state index is 0.712. The number of fused-ring (bicyclic) bond motifs is 1. The summed E-state index contributed by atoms with van der Waals surface area (Å²) >= 11 is 1.78. The van der Waals surface area contributed by atoms with Crippen molar-refractivity contribution in [3.63, 3.8) is 0 Å². The molecule has 0 fully saturated rings. The van der Waals surface area contributed by atoms with Crippen LogP contribution in [0.4, 0.5) is 0 Å². The van der Waals surface area contributed by atoms with Gasteiger partial charge in [-0.1, -0.05) is 36.4 Å². The highest BCUT2D eigenvalue weighted by Crippen LogP contribution is 2.23. The van der Waals surface area contributed by atoms with Crippen LogP contribution in [0, 0.1) is 0 Å². The van der Waals surface area contributed by atoms with Crippen LogP contribution in [-0.4, -0.2) is 17.3 Å². The number of nitrogens with one attached hydrogen (secondary N) is 1. The van der Waals surface area contributed by atoms with Gasteiger partial charge in [0, 0.05) is 16.7 Å². The number of rotatable bonds is 5. The van der Waals surface area contributed by atoms with E-state index in [1.165, 1.54) is 15.9 Å². The molecule has 19 heavy (non-hydrogen) atoms. The van der Waals surface area contributed by atoms with Gasteiger partial charge in [0.15, 0.2) is 0 Å². The van der Waals surface area contributed by atoms with Crippen LogP contribution in [0.1, 0.15) is 0 Å². The first kappa shape index (κ1) is 12.2. The molecule has 2 nitrogen and oxygen atoms in total. The molecule has 0 radical (unpaired) electrons. The number of aromatic amines is 1. The van der Waals surface area contributed by atoms with Gasteiger partial charge >= 0.3 is 0 Å². The van der Waals surface area contributed by atoms with Gasteiger partial charge in [-0.25, -0.2) is 0 Å². The summed E-state index contributed by atoms with van der Waals surface area (Å²) in [5.74, 6) is 1.86. The summed E-state index contributed by atoms with van der Waals surface area (Å²) in [5, 5.41) is 2.45. The normalized spacial score (nSPS) is 10.7. The Labute approximate surface area is 116 Å². The minimum Gasteiger partial charge on any atom is -0.493 e. The SMILES string of the molecule is c1ccc(OCCSc2cc3ccccc3[nH]2)cc1. The highest BCUT2D eigenvalue weighted by atomic mass is 32.2. The Hall–Kier alpha value is -1.87. The van der Waals surface area contributed by atoms with E-state index in [0.29, 0.717) is 6.61 Å². The van der Waals surface area contributed by atoms with Gasteiger partial charge in [-0.3, -0.25) is 0 Å². The van der Waals surface area contributed by atoms with Crippen molar-refractivity contribution < 1.29 is 4.74 Å². The van der Waals surface area contributed by atoms with Gasteiger partial charge in [-0.2, -0.15) is 0 Å². The molecule has 1 aromatic heterocycles. The predicted molar refractivity (Wildman–Crippen MR) is 81.0 cm³/mol. The molecule has 0 saturated carbocycles. The molecule has 0 spiro atoms. The zero-order chi connectivity index (χ0) is 12.9. The topological polar surface area (TPSA) is 25.0 Å². The number of H-pyrrole nitrogens is 1. The Morgan fingerprint density at radius 2 is 1.74 bits per heavy atom. The minimum atomic E-state index is 0.712. The van der Waals surface area contributed by atoms with Crippen LogP contribution in [0.5, 0.6) is 5.75 Å². The number of benzene rings is 2. The first-order chi connectivity index (χ1) is 9.42. The second-order valence-electron chi connectivity index (χ2n) is 4.23. The molecule has 0 amide bonds. The summed E-state index contributed by atoms with van der Waals surface area (Å²) in [4.78, 5) is 3.40. The third-order valence-electron chi connectivity index (χ3n) is 2.86. The van der Waals surface area contributed by atoms with Crippen molar-refractivity contribution in [1.29, 1.82) is 0 Å². The van der Waals surface area contributed by atoms with E-state index in [0.717, 1.165) is 11.5 Å². The summed E-state index contributed by atoms with van der Waals surface area (Å²) in [5.41, 5.74) is 1.19. The molecule has 3 heteroatoms. The van der Waals surface area contributed by atoms with Crippen molar-refractivity contribution in [2.24, 2.45) is 0 Å². The first-order valence-corrected chi connectivity index (χ1v) is 7.29. The van der Waals surface area contributed by atoms with Gasteiger partial charge in [0.2, 0.25) is 0 Å². The molecule has 0 unspecified atom stereocenters. The molecule has 0 saturated heterocycles. The number of ether oxygens (including phenoxy) is 1. The maximum atomic E-state index is 5.67. The van der Waals surface area contributed by atoms with E-state index in [1.54, 1.807) is 11.8 Å². The average molecular weight is 269 g/mol. The Morgan fingerprint density at radius 3 is 2.58 bits per heavy atom. The van der Waals surface area contributed by atoms with E-state index in [1.807, 2.05) is 36.4 Å². The second kappa shape index (κ2) is 5.85. The maximum Gasteiger partial charge on any atom is 0.119 e. The molecule has 0 aliphatic heterocycles. The van der Waals surface area contributed by atoms with E-state index < -0.39 is 0 Å². The molecule has 0 aliphatic rings. The van der Waals surface area contributed by atoms with Crippen molar-refractivity contribution in [1.82, 2.24) is 4.98 Å². The number of thioether (sulfide) groups is 1. The third-order valence-corrected chi connectivity index (χ3v) is 3.76. The molecular weight excluding hydrogens is 254 g/mol. The monoisotopic (exact) mass is 269 g/mol. The fourth-order valence-electron chi connectivity index (χ4n) is 1.95. The van der Waals surface area contributed by atoms with Gasteiger partial charge in [0.25, 0.3) is 0 Å². The summed E-state index contributed by atoms with van der Waals surface area (Å²) in [6.45, 7) is 0.712. The van der Waals surface area contributed by atoms with E-state index in [9.17, 15) is 0 Å². The number of para-hydroxylation sites is 2. The molecule has 1 heterocycles. The molecule has 1 N–H and O–H groups in total. The van der Waals surface area contributed by atoms with Crippen LogP contribution in [0.25, 0.3) is 10.9 Å². The Kier molecular flexibility index (Phi) is 3.75. The zero-order valence-electron chi connectivity index (χ0n) is 10.5. The molecular formula is C16H15NOS. The van der Waals surface area contributed by atoms with Gasteiger partial charge < -0.3 is 9.72 Å². The highest BCUT2D eigenvalue weighted by molar-refractivity contribution is 7.99. The van der Waals surface area contributed by atoms with Crippen LogP contribution in [0.3, 0.4) is 0 Å². The summed E-state index contributed by atoms with van der Waals surface area (Å²) in [6.07, 6.45) is 0. The van der Waals surface area contributed by atoms with Crippen LogP contribution in [0.15, 0.2) is 65.7 Å². The second-order valence-corrected chi connectivity index (χ2v) is 5.37. The van der Waals surface area contributed by atoms with Crippen molar-refractivity contribution in [2.45, 2.75) is 5.03 Å². The maximum absolute atomic E-state index is 5.67. The molecule has 0 atom stereocenters. The van der Waals surface area contributed by atoms with E-state index in [4.69, 9.17) is 4.74 Å². The van der Waals surface area contributed by atoms with Crippen molar-refractivity contribution in [2.75, 3.05) is 12.4 Å². The highest BCUT2D eigenvalue weighted by Gasteiger charge is 2.00. The van der Waals surface area contributed by atoms with Crippen LogP contribution >= 0.6 is 11.8 Å². The molecule has 2 aromatic carbocycles. The van der Waals surface area contributed by atoms with E-state index >= 15 is 0 Å². The molecule has 96 valence electrons. The van der Waals surface area contributed by atoms with Crippen molar-refractivity contribution >= 4 is 22.7 Å². The van der Waals surface area contributed by atoms with Crippen LogP contribution < -0.4 is 4.74 Å². The largest absolute Gasteiger partial charge is 0.493 e. The lowest BCUT2D eigenvalue weighted by atomic mass is 10.3. The molecule has 0 aliphatic carbocycles. The summed E-state index contributed by atoms with van der Waals surface area (Å²) in [6, 6.07) is 20.4. The first-order valence-electron chi connectivity index (χ1n) is 6.30. The Balaban J connectivity index is 1.52.